The molecule has 6 heteroatoms. The Labute approximate surface area is 149 Å². The number of carbonyl (C=O) groups excluding carboxylic acids is 1. The van der Waals surface area contributed by atoms with Crippen molar-refractivity contribution in [3.8, 4) is 0 Å². The van der Waals surface area contributed by atoms with Crippen molar-refractivity contribution in [2.24, 2.45) is 12.5 Å². The first kappa shape index (κ1) is 17.7. The van der Waals surface area contributed by atoms with E-state index in [0.29, 0.717) is 11.9 Å². The van der Waals surface area contributed by atoms with E-state index in [1.165, 1.54) is 0 Å². The first-order valence-corrected chi connectivity index (χ1v) is 9.49. The average Bonchev–Trinajstić information content (AvgIpc) is 3.07. The van der Waals surface area contributed by atoms with E-state index in [1.807, 2.05) is 7.05 Å². The van der Waals surface area contributed by atoms with Gasteiger partial charge in [-0.1, -0.05) is 18.5 Å². The SMILES string of the molecule is CCc1nn(C)c(Cl)c1CN1CC[C@@]2(CCCN(C(C)C)C2=O)C1. The summed E-state index contributed by atoms with van der Waals surface area (Å²) in [5.74, 6) is 0.360. The van der Waals surface area contributed by atoms with Crippen LogP contribution in [0.5, 0.6) is 0 Å². The summed E-state index contributed by atoms with van der Waals surface area (Å²) in [6.45, 7) is 9.87. The lowest BCUT2D eigenvalue weighted by molar-refractivity contribution is -0.147. The molecule has 3 heterocycles. The zero-order valence-corrected chi connectivity index (χ0v) is 16.1. The second-order valence-corrected chi connectivity index (χ2v) is 7.99. The molecular formula is C18H29ClN4O. The zero-order valence-electron chi connectivity index (χ0n) is 15.3. The summed E-state index contributed by atoms with van der Waals surface area (Å²) in [7, 11) is 1.89. The van der Waals surface area contributed by atoms with Crippen LogP contribution in [0.1, 0.15) is 51.3 Å². The van der Waals surface area contributed by atoms with Gasteiger partial charge in [-0.25, -0.2) is 0 Å². The summed E-state index contributed by atoms with van der Waals surface area (Å²) in [6, 6.07) is 0.295. The molecular weight excluding hydrogens is 324 g/mol. The number of aromatic nitrogens is 2. The van der Waals surface area contributed by atoms with Crippen LogP contribution < -0.4 is 0 Å². The third-order valence-corrected chi connectivity index (χ3v) is 6.17. The minimum absolute atomic E-state index is 0.177. The van der Waals surface area contributed by atoms with Gasteiger partial charge in [-0.05, 0) is 46.1 Å². The first-order valence-electron chi connectivity index (χ1n) is 9.11. The van der Waals surface area contributed by atoms with Crippen LogP contribution in [0.25, 0.3) is 0 Å². The second-order valence-electron chi connectivity index (χ2n) is 7.63. The van der Waals surface area contributed by atoms with E-state index in [2.05, 4.69) is 35.7 Å². The minimum Gasteiger partial charge on any atom is -0.340 e. The molecule has 1 amide bonds. The van der Waals surface area contributed by atoms with Crippen molar-refractivity contribution in [2.45, 2.75) is 59.0 Å². The van der Waals surface area contributed by atoms with Gasteiger partial charge in [-0.3, -0.25) is 14.4 Å². The Morgan fingerprint density at radius 3 is 2.71 bits per heavy atom. The van der Waals surface area contributed by atoms with Gasteiger partial charge in [-0.15, -0.1) is 0 Å². The van der Waals surface area contributed by atoms with Crippen molar-refractivity contribution in [3.05, 3.63) is 16.4 Å². The highest BCUT2D eigenvalue weighted by atomic mass is 35.5. The number of halogens is 1. The van der Waals surface area contributed by atoms with E-state index in [4.69, 9.17) is 11.6 Å². The lowest BCUT2D eigenvalue weighted by atomic mass is 9.78. The highest BCUT2D eigenvalue weighted by molar-refractivity contribution is 6.30. The molecule has 1 atom stereocenters. The summed E-state index contributed by atoms with van der Waals surface area (Å²) in [5, 5.41) is 5.24. The molecule has 134 valence electrons. The molecule has 0 aliphatic carbocycles. The van der Waals surface area contributed by atoms with Crippen LogP contribution in [0.2, 0.25) is 5.15 Å². The Morgan fingerprint density at radius 1 is 1.29 bits per heavy atom. The van der Waals surface area contributed by atoms with Gasteiger partial charge < -0.3 is 4.90 Å². The van der Waals surface area contributed by atoms with Crippen LogP contribution >= 0.6 is 11.6 Å². The molecule has 24 heavy (non-hydrogen) atoms. The highest BCUT2D eigenvalue weighted by Gasteiger charge is 2.48. The maximum absolute atomic E-state index is 13.0. The third kappa shape index (κ3) is 2.97. The summed E-state index contributed by atoms with van der Waals surface area (Å²) in [4.78, 5) is 17.5. The quantitative estimate of drug-likeness (QED) is 0.836. The number of aryl methyl sites for hydroxylation is 2. The fourth-order valence-corrected chi connectivity index (χ4v) is 4.54. The van der Waals surface area contributed by atoms with E-state index in [-0.39, 0.29) is 5.41 Å². The van der Waals surface area contributed by atoms with Crippen molar-refractivity contribution < 1.29 is 4.79 Å². The van der Waals surface area contributed by atoms with Crippen molar-refractivity contribution in [1.29, 1.82) is 0 Å². The predicted octanol–water partition coefficient (Wildman–Crippen LogP) is 2.86. The number of carbonyl (C=O) groups is 1. The van der Waals surface area contributed by atoms with Gasteiger partial charge in [0.05, 0.1) is 11.1 Å². The number of nitrogens with zero attached hydrogens (tertiary/aromatic N) is 4. The van der Waals surface area contributed by atoms with Gasteiger partial charge in [0.15, 0.2) is 0 Å². The molecule has 0 saturated carbocycles. The zero-order chi connectivity index (χ0) is 17.5. The molecule has 0 unspecified atom stereocenters. The number of piperidine rings is 1. The average molecular weight is 353 g/mol. The monoisotopic (exact) mass is 352 g/mol. The van der Waals surface area contributed by atoms with Crippen LogP contribution in [-0.2, 0) is 24.8 Å². The minimum atomic E-state index is -0.177. The number of hydrogen-bond donors (Lipinski definition) is 0. The summed E-state index contributed by atoms with van der Waals surface area (Å²) >= 11 is 6.44. The van der Waals surface area contributed by atoms with Gasteiger partial charge in [-0.2, -0.15) is 5.10 Å². The van der Waals surface area contributed by atoms with E-state index in [0.717, 1.165) is 68.3 Å². The maximum atomic E-state index is 13.0. The van der Waals surface area contributed by atoms with E-state index < -0.39 is 0 Å². The Hall–Kier alpha value is -1.07. The fourth-order valence-electron chi connectivity index (χ4n) is 4.33. The number of hydrogen-bond acceptors (Lipinski definition) is 3. The molecule has 2 fully saturated rings. The van der Waals surface area contributed by atoms with Crippen molar-refractivity contribution >= 4 is 17.5 Å². The fraction of sp³-hybridized carbons (Fsp3) is 0.778. The van der Waals surface area contributed by atoms with Gasteiger partial charge in [0, 0.05) is 38.3 Å². The molecule has 5 nitrogen and oxygen atoms in total. The largest absolute Gasteiger partial charge is 0.340 e. The molecule has 3 rings (SSSR count). The Bertz CT molecular complexity index is 627. The summed E-state index contributed by atoms with van der Waals surface area (Å²) in [5.41, 5.74) is 2.02. The molecule has 1 aromatic rings. The van der Waals surface area contributed by atoms with E-state index in [1.54, 1.807) is 4.68 Å². The highest BCUT2D eigenvalue weighted by Crippen LogP contribution is 2.41. The summed E-state index contributed by atoms with van der Waals surface area (Å²) < 4.78 is 1.76. The lowest BCUT2D eigenvalue weighted by Gasteiger charge is -2.41. The number of rotatable bonds is 4. The number of amides is 1. The standard InChI is InChI=1S/C18H29ClN4O/c1-5-15-14(16(19)21(4)20-15)11-22-10-8-18(12-22)7-6-9-23(13(2)3)17(18)24/h13H,5-12H2,1-4H3/t18-/m0/s1. The van der Waals surface area contributed by atoms with Crippen LogP contribution in [0.15, 0.2) is 0 Å². The molecule has 0 N–H and O–H groups in total. The van der Waals surface area contributed by atoms with Gasteiger partial charge in [0.1, 0.15) is 5.15 Å². The molecule has 2 aliphatic rings. The van der Waals surface area contributed by atoms with Gasteiger partial charge in [0.25, 0.3) is 0 Å². The van der Waals surface area contributed by atoms with Gasteiger partial charge in [0.2, 0.25) is 5.91 Å². The smallest absolute Gasteiger partial charge is 0.230 e. The second kappa shape index (κ2) is 6.68. The maximum Gasteiger partial charge on any atom is 0.230 e. The van der Waals surface area contributed by atoms with Crippen LogP contribution in [-0.4, -0.2) is 51.2 Å². The predicted molar refractivity (Wildman–Crippen MR) is 96.0 cm³/mol. The van der Waals surface area contributed by atoms with Crippen LogP contribution in [0.3, 0.4) is 0 Å². The van der Waals surface area contributed by atoms with Crippen LogP contribution in [0, 0.1) is 5.41 Å². The van der Waals surface area contributed by atoms with Crippen molar-refractivity contribution in [3.63, 3.8) is 0 Å². The normalized spacial score (nSPS) is 25.4. The molecule has 0 bridgehead atoms. The van der Waals surface area contributed by atoms with Crippen molar-refractivity contribution in [1.82, 2.24) is 19.6 Å². The molecule has 1 aromatic heterocycles. The van der Waals surface area contributed by atoms with E-state index >= 15 is 0 Å². The topological polar surface area (TPSA) is 41.4 Å². The Morgan fingerprint density at radius 2 is 2.04 bits per heavy atom. The lowest BCUT2D eigenvalue weighted by Crippen LogP contribution is -2.52. The molecule has 2 saturated heterocycles. The Balaban J connectivity index is 1.75. The third-order valence-electron chi connectivity index (χ3n) is 5.69. The van der Waals surface area contributed by atoms with Crippen molar-refractivity contribution in [2.75, 3.05) is 19.6 Å². The molecule has 0 aromatic carbocycles. The molecule has 2 aliphatic heterocycles. The Kier molecular flexibility index (Phi) is 4.94. The number of likely N-dealkylation sites (tertiary alicyclic amines) is 2. The molecule has 1 spiro atoms. The van der Waals surface area contributed by atoms with E-state index in [9.17, 15) is 4.79 Å². The van der Waals surface area contributed by atoms with Crippen LogP contribution in [0.4, 0.5) is 0 Å². The first-order chi connectivity index (χ1) is 11.4. The molecule has 0 radical (unpaired) electrons. The van der Waals surface area contributed by atoms with Gasteiger partial charge >= 0.3 is 0 Å². The summed E-state index contributed by atoms with van der Waals surface area (Å²) in [6.07, 6.45) is 3.99.